The molecule has 1 aromatic carbocycles. The zero-order valence-electron chi connectivity index (χ0n) is 13.5. The maximum atomic E-state index is 12.6. The Morgan fingerprint density at radius 3 is 2.32 bits per heavy atom. The molecule has 5 nitrogen and oxygen atoms in total. The summed E-state index contributed by atoms with van der Waals surface area (Å²) in [4.78, 5) is 12.6. The average molecular weight is 297 g/mol. The molecule has 22 heavy (non-hydrogen) atoms. The van der Waals surface area contributed by atoms with Crippen LogP contribution in [0.5, 0.6) is 0 Å². The summed E-state index contributed by atoms with van der Waals surface area (Å²) in [5, 5.41) is 8.97. The monoisotopic (exact) mass is 297 g/mol. The van der Waals surface area contributed by atoms with Gasteiger partial charge >= 0.3 is 5.56 Å². The van der Waals surface area contributed by atoms with E-state index in [1.54, 1.807) is 6.92 Å². The van der Waals surface area contributed by atoms with E-state index in [2.05, 4.69) is 31.0 Å². The first-order chi connectivity index (χ1) is 10.3. The molecule has 3 rings (SSSR count). The molecule has 0 spiro atoms. The lowest BCUT2D eigenvalue weighted by Gasteiger charge is -2.19. The van der Waals surface area contributed by atoms with Crippen LogP contribution in [-0.2, 0) is 5.41 Å². The molecule has 0 amide bonds. The molecule has 0 radical (unpaired) electrons. The molecule has 0 aliphatic rings. The first-order valence-electron chi connectivity index (χ1n) is 7.26. The van der Waals surface area contributed by atoms with Crippen molar-refractivity contribution in [3.63, 3.8) is 0 Å². The van der Waals surface area contributed by atoms with Crippen molar-refractivity contribution >= 4 is 10.9 Å². The Hall–Kier alpha value is -2.43. The summed E-state index contributed by atoms with van der Waals surface area (Å²) < 4.78 is 6.51. The zero-order chi connectivity index (χ0) is 16.1. The first-order valence-corrected chi connectivity index (χ1v) is 7.26. The number of benzene rings is 1. The molecule has 0 aliphatic carbocycles. The summed E-state index contributed by atoms with van der Waals surface area (Å²) in [5.74, 6) is 0.618. The second kappa shape index (κ2) is 4.80. The molecule has 3 aromatic rings. The molecule has 0 N–H and O–H groups in total. The summed E-state index contributed by atoms with van der Waals surface area (Å²) in [5.41, 5.74) is 2.79. The highest BCUT2D eigenvalue weighted by molar-refractivity contribution is 5.81. The van der Waals surface area contributed by atoms with Crippen LogP contribution in [-0.4, -0.2) is 14.9 Å². The summed E-state index contributed by atoms with van der Waals surface area (Å²) in [6.07, 6.45) is 0. The van der Waals surface area contributed by atoms with Crippen LogP contribution in [0.2, 0.25) is 0 Å². The van der Waals surface area contributed by atoms with Gasteiger partial charge in [-0.05, 0) is 37.0 Å². The van der Waals surface area contributed by atoms with E-state index in [1.165, 1.54) is 10.2 Å². The molecule has 0 bridgehead atoms. The van der Waals surface area contributed by atoms with Crippen LogP contribution in [0, 0.1) is 13.8 Å². The summed E-state index contributed by atoms with van der Waals surface area (Å²) in [6, 6.07) is 7.87. The fourth-order valence-corrected chi connectivity index (χ4v) is 2.57. The van der Waals surface area contributed by atoms with E-state index >= 15 is 0 Å². The maximum absolute atomic E-state index is 12.6. The molecular weight excluding hydrogens is 278 g/mol. The van der Waals surface area contributed by atoms with Gasteiger partial charge in [-0.1, -0.05) is 38.1 Å². The summed E-state index contributed by atoms with van der Waals surface area (Å²) in [6.45, 7) is 10.1. The Kier molecular flexibility index (Phi) is 3.16. The van der Waals surface area contributed by atoms with Gasteiger partial charge in [-0.15, -0.1) is 0 Å². The van der Waals surface area contributed by atoms with Gasteiger partial charge in [-0.3, -0.25) is 4.79 Å². The Balaban J connectivity index is 2.19. The Bertz CT molecular complexity index is 897. The molecule has 0 saturated heterocycles. The molecule has 2 aromatic heterocycles. The highest BCUT2D eigenvalue weighted by Gasteiger charge is 2.17. The van der Waals surface area contributed by atoms with E-state index in [0.717, 1.165) is 11.4 Å². The minimum atomic E-state index is -0.263. The van der Waals surface area contributed by atoms with E-state index in [4.69, 9.17) is 4.52 Å². The predicted molar refractivity (Wildman–Crippen MR) is 85.6 cm³/mol. The largest absolute Gasteiger partial charge is 0.360 e. The molecule has 0 atom stereocenters. The quantitative estimate of drug-likeness (QED) is 0.691. The van der Waals surface area contributed by atoms with E-state index in [0.29, 0.717) is 16.7 Å². The van der Waals surface area contributed by atoms with Crippen molar-refractivity contribution in [3.8, 4) is 5.69 Å². The highest BCUT2D eigenvalue weighted by atomic mass is 16.5. The lowest BCUT2D eigenvalue weighted by Crippen LogP contribution is -2.22. The van der Waals surface area contributed by atoms with Gasteiger partial charge in [-0.25, -0.2) is 0 Å². The van der Waals surface area contributed by atoms with Crippen molar-refractivity contribution in [3.05, 3.63) is 51.6 Å². The van der Waals surface area contributed by atoms with Gasteiger partial charge in [-0.2, -0.15) is 9.78 Å². The molecule has 0 saturated carbocycles. The number of rotatable bonds is 1. The predicted octanol–water partition coefficient (Wildman–Crippen LogP) is 3.29. The zero-order valence-corrected chi connectivity index (χ0v) is 13.5. The summed E-state index contributed by atoms with van der Waals surface area (Å²) >= 11 is 0. The molecule has 0 aliphatic heterocycles. The Morgan fingerprint density at radius 2 is 1.73 bits per heavy atom. The molecule has 2 heterocycles. The van der Waals surface area contributed by atoms with Gasteiger partial charge < -0.3 is 4.52 Å². The van der Waals surface area contributed by atoms with Gasteiger partial charge in [0.1, 0.15) is 5.76 Å². The van der Waals surface area contributed by atoms with E-state index in [-0.39, 0.29) is 11.0 Å². The van der Waals surface area contributed by atoms with Crippen molar-refractivity contribution in [2.75, 3.05) is 0 Å². The van der Waals surface area contributed by atoms with E-state index < -0.39 is 0 Å². The standard InChI is InChI=1S/C17H19N3O2/c1-10-14-11(2)22-19-15(14)16(21)20(18-10)13-8-6-12(7-9-13)17(3,4)5/h6-9H,1-5H3. The molecule has 5 heteroatoms. The van der Waals surface area contributed by atoms with Gasteiger partial charge in [0.05, 0.1) is 16.8 Å². The van der Waals surface area contributed by atoms with Crippen LogP contribution in [0.25, 0.3) is 16.6 Å². The molecule has 0 unspecified atom stereocenters. The SMILES string of the molecule is Cc1nn(-c2ccc(C(C)(C)C)cc2)c(=O)c2noc(C)c12. The Labute approximate surface area is 128 Å². The van der Waals surface area contributed by atoms with E-state index in [1.807, 2.05) is 31.2 Å². The second-order valence-electron chi connectivity index (χ2n) is 6.56. The van der Waals surface area contributed by atoms with Crippen LogP contribution in [0.15, 0.2) is 33.6 Å². The smallest absolute Gasteiger partial charge is 0.301 e. The number of fused-ring (bicyclic) bond motifs is 1. The van der Waals surface area contributed by atoms with Crippen molar-refractivity contribution in [1.29, 1.82) is 0 Å². The van der Waals surface area contributed by atoms with Gasteiger partial charge in [0, 0.05) is 0 Å². The number of aryl methyl sites for hydroxylation is 2. The van der Waals surface area contributed by atoms with Crippen LogP contribution in [0.4, 0.5) is 0 Å². The van der Waals surface area contributed by atoms with Crippen molar-refractivity contribution < 1.29 is 4.52 Å². The average Bonchev–Trinajstić information content (AvgIpc) is 2.85. The molecule has 0 fully saturated rings. The minimum absolute atomic E-state index is 0.0695. The van der Waals surface area contributed by atoms with Crippen molar-refractivity contribution in [1.82, 2.24) is 14.9 Å². The lowest BCUT2D eigenvalue weighted by molar-refractivity contribution is 0.405. The molecule has 114 valence electrons. The van der Waals surface area contributed by atoms with Crippen LogP contribution in [0.1, 0.15) is 37.8 Å². The number of nitrogens with zero attached hydrogens (tertiary/aromatic N) is 3. The Morgan fingerprint density at radius 1 is 1.09 bits per heavy atom. The van der Waals surface area contributed by atoms with Gasteiger partial charge in [0.25, 0.3) is 0 Å². The third kappa shape index (κ3) is 2.22. The minimum Gasteiger partial charge on any atom is -0.360 e. The highest BCUT2D eigenvalue weighted by Crippen LogP contribution is 2.23. The third-order valence-corrected chi connectivity index (χ3v) is 3.85. The van der Waals surface area contributed by atoms with Gasteiger partial charge in [0.15, 0.2) is 5.52 Å². The van der Waals surface area contributed by atoms with E-state index in [9.17, 15) is 4.79 Å². The van der Waals surface area contributed by atoms with Crippen LogP contribution in [0.3, 0.4) is 0 Å². The fourth-order valence-electron chi connectivity index (χ4n) is 2.57. The fraction of sp³-hybridized carbons (Fsp3) is 0.353. The lowest BCUT2D eigenvalue weighted by atomic mass is 9.87. The number of aromatic nitrogens is 3. The van der Waals surface area contributed by atoms with Gasteiger partial charge in [0.2, 0.25) is 0 Å². The maximum Gasteiger partial charge on any atom is 0.301 e. The van der Waals surface area contributed by atoms with Crippen LogP contribution < -0.4 is 5.56 Å². The van der Waals surface area contributed by atoms with Crippen LogP contribution >= 0.6 is 0 Å². The third-order valence-electron chi connectivity index (χ3n) is 3.85. The molecular formula is C17H19N3O2. The number of hydrogen-bond donors (Lipinski definition) is 0. The normalized spacial score (nSPS) is 12.0. The van der Waals surface area contributed by atoms with Crippen molar-refractivity contribution in [2.45, 2.75) is 40.0 Å². The number of hydrogen-bond acceptors (Lipinski definition) is 4. The summed E-state index contributed by atoms with van der Waals surface area (Å²) in [7, 11) is 0. The van der Waals surface area contributed by atoms with Crippen molar-refractivity contribution in [2.24, 2.45) is 0 Å². The first kappa shape index (κ1) is 14.5. The topological polar surface area (TPSA) is 60.9 Å². The second-order valence-corrected chi connectivity index (χ2v) is 6.56.